The lowest BCUT2D eigenvalue weighted by atomic mass is 10.1. The van der Waals surface area contributed by atoms with E-state index in [2.05, 4.69) is 81.5 Å². The number of ether oxygens (including phenoxy) is 3. The van der Waals surface area contributed by atoms with Gasteiger partial charge in [0.05, 0.1) is 0 Å². The largest absolute Gasteiger partial charge is 0.462 e. The van der Waals surface area contributed by atoms with Crippen molar-refractivity contribution in [3.8, 4) is 0 Å². The number of esters is 3. The minimum atomic E-state index is -0.785. The molecule has 6 heteroatoms. The fourth-order valence-electron chi connectivity index (χ4n) is 7.21. The van der Waals surface area contributed by atoms with Crippen LogP contribution in [0.25, 0.3) is 0 Å². The van der Waals surface area contributed by atoms with Gasteiger partial charge in [-0.2, -0.15) is 0 Å². The van der Waals surface area contributed by atoms with Gasteiger partial charge in [0.2, 0.25) is 0 Å². The van der Waals surface area contributed by atoms with E-state index in [1.54, 1.807) is 0 Å². The lowest BCUT2D eigenvalue weighted by Crippen LogP contribution is -2.30. The molecule has 0 aliphatic rings. The molecule has 0 spiro atoms. The number of hydrogen-bond donors (Lipinski definition) is 0. The number of unbranched alkanes of at least 4 members (excludes halogenated alkanes) is 26. The molecule has 0 radical (unpaired) electrons. The topological polar surface area (TPSA) is 78.9 Å². The third-order valence-electron chi connectivity index (χ3n) is 11.2. The van der Waals surface area contributed by atoms with Gasteiger partial charge in [-0.3, -0.25) is 14.4 Å². The first kappa shape index (κ1) is 59.1. The second-order valence-electron chi connectivity index (χ2n) is 17.4. The summed E-state index contributed by atoms with van der Waals surface area (Å²) in [5, 5.41) is 0. The van der Waals surface area contributed by atoms with E-state index in [0.717, 1.165) is 103 Å². The van der Waals surface area contributed by atoms with E-state index in [1.807, 2.05) is 0 Å². The molecule has 6 nitrogen and oxygen atoms in total. The van der Waals surface area contributed by atoms with Crippen molar-refractivity contribution in [3.05, 3.63) is 60.8 Å². The molecule has 0 saturated carbocycles. The van der Waals surface area contributed by atoms with Gasteiger partial charge in [-0.25, -0.2) is 0 Å². The molecule has 0 aliphatic heterocycles. The van der Waals surface area contributed by atoms with Gasteiger partial charge >= 0.3 is 17.9 Å². The minimum absolute atomic E-state index is 0.0846. The summed E-state index contributed by atoms with van der Waals surface area (Å²) in [4.78, 5) is 37.9. The van der Waals surface area contributed by atoms with Crippen LogP contribution >= 0.6 is 0 Å². The highest BCUT2D eigenvalue weighted by Gasteiger charge is 2.19. The first-order chi connectivity index (χ1) is 30.5. The van der Waals surface area contributed by atoms with Gasteiger partial charge in [-0.15, -0.1) is 0 Å². The van der Waals surface area contributed by atoms with Crippen LogP contribution in [0.4, 0.5) is 0 Å². The first-order valence-electron chi connectivity index (χ1n) is 26.3. The Labute approximate surface area is 383 Å². The van der Waals surface area contributed by atoms with Crippen molar-refractivity contribution < 1.29 is 28.6 Å². The van der Waals surface area contributed by atoms with Crippen LogP contribution in [-0.2, 0) is 28.6 Å². The second-order valence-corrected chi connectivity index (χ2v) is 17.4. The van der Waals surface area contributed by atoms with E-state index >= 15 is 0 Å². The van der Waals surface area contributed by atoms with Crippen molar-refractivity contribution in [2.75, 3.05) is 13.2 Å². The zero-order valence-electron chi connectivity index (χ0n) is 40.9. The van der Waals surface area contributed by atoms with Crippen molar-refractivity contribution in [1.82, 2.24) is 0 Å². The van der Waals surface area contributed by atoms with Crippen LogP contribution in [0.1, 0.15) is 258 Å². The van der Waals surface area contributed by atoms with Crippen molar-refractivity contribution in [2.45, 2.75) is 264 Å². The van der Waals surface area contributed by atoms with E-state index in [-0.39, 0.29) is 31.1 Å². The molecule has 0 aromatic rings. The Bertz CT molecular complexity index is 1130. The molecule has 0 bridgehead atoms. The van der Waals surface area contributed by atoms with Gasteiger partial charge in [0.25, 0.3) is 0 Å². The standard InChI is InChI=1S/C56H98O6/c1-4-7-10-13-16-19-22-24-26-27-28-29-31-32-34-37-40-43-46-49-55(58)61-52-53(51-60-54(57)48-45-42-39-36-21-18-15-12-9-6-3)62-56(59)50-47-44-41-38-35-33-30-25-23-20-17-14-11-8-5-2/h12,15-17,19-20,24-26,30,53H,4-11,13-14,18,21-23,27-29,31-52H2,1-3H3/b15-12-,19-16-,20-17-,26-24-,30-25-. The molecule has 0 heterocycles. The molecule has 1 atom stereocenters. The normalized spacial score (nSPS) is 12.5. The molecule has 0 amide bonds. The highest BCUT2D eigenvalue weighted by Crippen LogP contribution is 2.14. The lowest BCUT2D eigenvalue weighted by molar-refractivity contribution is -0.167. The Morgan fingerprint density at radius 1 is 0.323 bits per heavy atom. The Hall–Kier alpha value is -2.89. The highest BCUT2D eigenvalue weighted by atomic mass is 16.6. The van der Waals surface area contributed by atoms with Gasteiger partial charge in [-0.1, -0.05) is 197 Å². The fourth-order valence-corrected chi connectivity index (χ4v) is 7.21. The monoisotopic (exact) mass is 867 g/mol. The minimum Gasteiger partial charge on any atom is -0.462 e. The summed E-state index contributed by atoms with van der Waals surface area (Å²) < 4.78 is 16.8. The quantitative estimate of drug-likeness (QED) is 0.0262. The summed E-state index contributed by atoms with van der Waals surface area (Å²) >= 11 is 0. The van der Waals surface area contributed by atoms with Crippen LogP contribution < -0.4 is 0 Å². The number of carbonyl (C=O) groups excluding carboxylic acids is 3. The summed E-state index contributed by atoms with van der Waals surface area (Å²) in [5.74, 6) is -0.910. The van der Waals surface area contributed by atoms with E-state index in [0.29, 0.717) is 19.3 Å². The van der Waals surface area contributed by atoms with Crippen molar-refractivity contribution in [3.63, 3.8) is 0 Å². The molecule has 0 aromatic heterocycles. The molecule has 0 rings (SSSR count). The Balaban J connectivity index is 4.34. The predicted molar refractivity (Wildman–Crippen MR) is 265 cm³/mol. The van der Waals surface area contributed by atoms with Crippen LogP contribution in [0.15, 0.2) is 60.8 Å². The third kappa shape index (κ3) is 48.1. The van der Waals surface area contributed by atoms with Crippen LogP contribution in [0.2, 0.25) is 0 Å². The van der Waals surface area contributed by atoms with Crippen LogP contribution in [-0.4, -0.2) is 37.2 Å². The molecule has 0 saturated heterocycles. The van der Waals surface area contributed by atoms with E-state index in [9.17, 15) is 14.4 Å². The highest BCUT2D eigenvalue weighted by molar-refractivity contribution is 5.71. The Kier molecular flexibility index (Phi) is 48.4. The van der Waals surface area contributed by atoms with E-state index in [1.165, 1.54) is 116 Å². The average Bonchev–Trinajstić information content (AvgIpc) is 3.27. The zero-order chi connectivity index (χ0) is 45.1. The van der Waals surface area contributed by atoms with E-state index < -0.39 is 6.10 Å². The van der Waals surface area contributed by atoms with Gasteiger partial charge in [0, 0.05) is 19.3 Å². The van der Waals surface area contributed by atoms with Crippen molar-refractivity contribution >= 4 is 17.9 Å². The summed E-state index contributed by atoms with van der Waals surface area (Å²) in [6.45, 7) is 6.51. The molecular formula is C56H98O6. The lowest BCUT2D eigenvalue weighted by Gasteiger charge is -2.18. The van der Waals surface area contributed by atoms with Gasteiger partial charge in [0.1, 0.15) is 13.2 Å². The molecule has 0 fully saturated rings. The zero-order valence-corrected chi connectivity index (χ0v) is 40.9. The van der Waals surface area contributed by atoms with Crippen LogP contribution in [0, 0.1) is 0 Å². The number of allylic oxidation sites excluding steroid dienone is 10. The molecule has 1 unspecified atom stereocenters. The molecule has 0 aliphatic carbocycles. The molecule has 358 valence electrons. The predicted octanol–water partition coefficient (Wildman–Crippen LogP) is 17.3. The second kappa shape index (κ2) is 50.8. The Morgan fingerprint density at radius 2 is 0.613 bits per heavy atom. The summed E-state index contributed by atoms with van der Waals surface area (Å²) in [5.41, 5.74) is 0. The van der Waals surface area contributed by atoms with E-state index in [4.69, 9.17) is 14.2 Å². The summed E-state index contributed by atoms with van der Waals surface area (Å²) in [7, 11) is 0. The Morgan fingerprint density at radius 3 is 0.968 bits per heavy atom. The third-order valence-corrected chi connectivity index (χ3v) is 11.2. The SMILES string of the molecule is CCC/C=C\CCCCCCCC(=O)OCC(COC(=O)CCCCCCCCCCC/C=C\C/C=C\CCCCC)OC(=O)CCCCCCC/C=C\C/C=C\CCCCC. The average molecular weight is 867 g/mol. The first-order valence-corrected chi connectivity index (χ1v) is 26.3. The summed E-state index contributed by atoms with van der Waals surface area (Å²) in [6.07, 6.45) is 62.0. The van der Waals surface area contributed by atoms with Crippen molar-refractivity contribution in [1.29, 1.82) is 0 Å². The van der Waals surface area contributed by atoms with Crippen LogP contribution in [0.3, 0.4) is 0 Å². The number of rotatable bonds is 47. The van der Waals surface area contributed by atoms with Crippen LogP contribution in [0.5, 0.6) is 0 Å². The number of carbonyl (C=O) groups is 3. The maximum absolute atomic E-state index is 12.8. The van der Waals surface area contributed by atoms with Gasteiger partial charge < -0.3 is 14.2 Å². The summed E-state index contributed by atoms with van der Waals surface area (Å²) in [6, 6.07) is 0. The maximum atomic E-state index is 12.8. The van der Waals surface area contributed by atoms with Gasteiger partial charge in [0.15, 0.2) is 6.10 Å². The molecule has 62 heavy (non-hydrogen) atoms. The van der Waals surface area contributed by atoms with Gasteiger partial charge in [-0.05, 0) is 103 Å². The maximum Gasteiger partial charge on any atom is 0.306 e. The van der Waals surface area contributed by atoms with Crippen molar-refractivity contribution in [2.24, 2.45) is 0 Å². The molecular weight excluding hydrogens is 769 g/mol. The fraction of sp³-hybridized carbons (Fsp3) is 0.768. The number of hydrogen-bond acceptors (Lipinski definition) is 6. The molecule has 0 aromatic carbocycles. The molecule has 0 N–H and O–H groups in total. The smallest absolute Gasteiger partial charge is 0.306 e.